The van der Waals surface area contributed by atoms with E-state index in [1.54, 1.807) is 24.7 Å². The molecule has 2 heterocycles. The van der Waals surface area contributed by atoms with Crippen LogP contribution in [0.3, 0.4) is 0 Å². The maximum absolute atomic E-state index is 12.1. The number of nitrogens with two attached hydrogens (primary N) is 1. The van der Waals surface area contributed by atoms with Gasteiger partial charge in [-0.1, -0.05) is 0 Å². The molecule has 1 aliphatic rings. The second-order valence-electron chi connectivity index (χ2n) is 5.57. The monoisotopic (exact) mass is 453 g/mol. The summed E-state index contributed by atoms with van der Waals surface area (Å²) in [6.45, 7) is -0.997. The fourth-order valence-electron chi connectivity index (χ4n) is 2.42. The third kappa shape index (κ3) is 7.20. The smallest absolute Gasteiger partial charge is 0.820 e. The molecule has 1 fully saturated rings. The van der Waals surface area contributed by atoms with E-state index in [1.807, 2.05) is 24.3 Å². The number of rotatable bonds is 8. The molecule has 1 aromatic heterocycles. The van der Waals surface area contributed by atoms with Gasteiger partial charge in [0, 0.05) is 17.7 Å². The maximum atomic E-state index is 12.1. The zero-order chi connectivity index (χ0) is 20.1. The van der Waals surface area contributed by atoms with Gasteiger partial charge in [-0.3, -0.25) is 4.79 Å². The molecule has 1 saturated heterocycles. The summed E-state index contributed by atoms with van der Waals surface area (Å²) in [6.07, 6.45) is 1.29. The van der Waals surface area contributed by atoms with Crippen molar-refractivity contribution in [2.45, 2.75) is 0 Å². The van der Waals surface area contributed by atoms with Gasteiger partial charge >= 0.3 is 65.1 Å². The molecule has 0 radical (unpaired) electrons. The molecule has 2 N–H and O–H groups in total. The molecule has 0 spiro atoms. The van der Waals surface area contributed by atoms with Crippen molar-refractivity contribution in [3.8, 4) is 11.3 Å². The van der Waals surface area contributed by atoms with Crippen LogP contribution in [0, 0.1) is 0 Å². The zero-order valence-electron chi connectivity index (χ0n) is 16.7. The van der Waals surface area contributed by atoms with Crippen molar-refractivity contribution in [2.24, 2.45) is 5.10 Å². The van der Waals surface area contributed by atoms with Crippen molar-refractivity contribution in [1.29, 1.82) is 0 Å². The normalized spacial score (nSPS) is 13.9. The number of urea groups is 1. The number of furan rings is 1. The Labute approximate surface area is 217 Å². The average Bonchev–Trinajstić information content (AvgIpc) is 3.24. The third-order valence-electron chi connectivity index (χ3n) is 3.73. The minimum Gasteiger partial charge on any atom is -0.820 e. The Morgan fingerprint density at radius 2 is 1.90 bits per heavy atom. The van der Waals surface area contributed by atoms with E-state index in [-0.39, 0.29) is 65.7 Å². The molecule has 1 aliphatic heterocycles. The Balaban J connectivity index is 0.00000225. The van der Waals surface area contributed by atoms with Gasteiger partial charge < -0.3 is 18.7 Å². The summed E-state index contributed by atoms with van der Waals surface area (Å²) in [4.78, 5) is 50.3. The van der Waals surface area contributed by atoms with Crippen molar-refractivity contribution in [3.63, 3.8) is 0 Å². The van der Waals surface area contributed by atoms with Crippen LogP contribution in [0.25, 0.3) is 11.3 Å². The molecule has 148 valence electrons. The van der Waals surface area contributed by atoms with Gasteiger partial charge in [-0.25, -0.2) is 19.5 Å². The van der Waals surface area contributed by atoms with Crippen LogP contribution in [0.4, 0.5) is 10.5 Å². The van der Waals surface area contributed by atoms with Crippen LogP contribution in [-0.4, -0.2) is 48.4 Å². The van der Waals surface area contributed by atoms with Gasteiger partial charge in [0.05, 0.1) is 13.3 Å². The number of carbonyl (C=O) groups is 2. The third-order valence-corrected chi connectivity index (χ3v) is 4.06. The second kappa shape index (κ2) is 13.0. The fraction of sp³-hybridized carbons (Fsp3) is 0.188. The predicted octanol–water partition coefficient (Wildman–Crippen LogP) is -6.77. The van der Waals surface area contributed by atoms with Crippen LogP contribution < -0.4 is 74.4 Å². The minimum atomic E-state index is -3.16. The summed E-state index contributed by atoms with van der Waals surface area (Å²) < 4.78 is 9.95. The van der Waals surface area contributed by atoms with Crippen molar-refractivity contribution >= 4 is 32.4 Å². The number of hydrogen-bond donors (Lipinski definition) is 1. The number of imide groups is 1. The van der Waals surface area contributed by atoms with Gasteiger partial charge in [-0.05, 0) is 24.3 Å². The van der Waals surface area contributed by atoms with Gasteiger partial charge in [0.1, 0.15) is 24.8 Å². The molecule has 0 bridgehead atoms. The summed E-state index contributed by atoms with van der Waals surface area (Å²) in [5, 5.41) is 4.81. The first-order valence-corrected chi connectivity index (χ1v) is 9.07. The Morgan fingerprint density at radius 1 is 1.20 bits per heavy atom. The van der Waals surface area contributed by atoms with Crippen molar-refractivity contribution in [2.75, 3.05) is 20.4 Å². The Morgan fingerprint density at radius 3 is 2.53 bits per heavy atom. The largest absolute Gasteiger partial charge is 1.00 e. The molecular weight excluding hydrogens is 437 g/mol. The number of benzene rings is 1. The molecule has 2 aromatic rings. The number of hydrogen-bond acceptors (Lipinski definition) is 8. The fourth-order valence-corrected chi connectivity index (χ4v) is 2.63. The van der Waals surface area contributed by atoms with E-state index in [0.29, 0.717) is 16.4 Å². The SMILES string of the molecule is CO[NH2+]c1ccc(-c2ccc(/C=N/N3CC(=O)N(COP([O-])[O-])C3=O)o2)cc1.[Na+].[Na+]. The van der Waals surface area contributed by atoms with Crippen LogP contribution in [0.1, 0.15) is 5.76 Å². The first kappa shape index (κ1) is 27.4. The number of amides is 3. The van der Waals surface area contributed by atoms with Crippen molar-refractivity contribution in [1.82, 2.24) is 9.91 Å². The van der Waals surface area contributed by atoms with Crippen molar-refractivity contribution in [3.05, 3.63) is 42.2 Å². The van der Waals surface area contributed by atoms with Crippen LogP contribution in [-0.2, 0) is 14.2 Å². The summed E-state index contributed by atoms with van der Waals surface area (Å²) in [6, 6.07) is 10.1. The number of quaternary nitrogens is 1. The molecule has 0 unspecified atom stereocenters. The molecule has 0 atom stereocenters. The molecule has 3 amide bonds. The molecule has 0 saturated carbocycles. The standard InChI is InChI=1S/C16H15N4O7P.2Na/c1-25-18-12-4-2-11(3-5-12)14-7-6-13(27-14)8-17-20-9-15(21)19(16(20)22)10-26-28(23)24;;/h2-8,18H,9-10H2,1H3;;/q-2;2*+1/p+1/b17-8+;;. The van der Waals surface area contributed by atoms with E-state index in [9.17, 15) is 19.4 Å². The summed E-state index contributed by atoms with van der Waals surface area (Å²) >= 11 is 0. The number of nitrogens with zero attached hydrogens (tertiary/aromatic N) is 3. The van der Waals surface area contributed by atoms with Crippen molar-refractivity contribution < 1.29 is 97.7 Å². The molecule has 14 heteroatoms. The first-order valence-electron chi connectivity index (χ1n) is 7.97. The van der Waals surface area contributed by atoms with Crippen LogP contribution in [0.15, 0.2) is 45.9 Å². The van der Waals surface area contributed by atoms with E-state index in [1.165, 1.54) is 6.21 Å². The van der Waals surface area contributed by atoms with Gasteiger partial charge in [-0.2, -0.15) is 19.2 Å². The first-order chi connectivity index (χ1) is 13.5. The van der Waals surface area contributed by atoms with E-state index >= 15 is 0 Å². The number of hydrazone groups is 1. The molecule has 1 aromatic carbocycles. The van der Waals surface area contributed by atoms with E-state index < -0.39 is 27.3 Å². The molecule has 3 rings (SSSR count). The molecule has 0 aliphatic carbocycles. The van der Waals surface area contributed by atoms with Gasteiger partial charge in [-0.15, -0.1) is 0 Å². The maximum Gasteiger partial charge on any atom is 1.00 e. The molecule has 30 heavy (non-hydrogen) atoms. The van der Waals surface area contributed by atoms with Gasteiger partial charge in [0.25, 0.3) is 5.91 Å². The molecule has 11 nitrogen and oxygen atoms in total. The Bertz CT molecular complexity index is 879. The van der Waals surface area contributed by atoms with E-state index in [4.69, 9.17) is 9.25 Å². The molecular formula is C16H16N4Na2O7P+. The van der Waals surface area contributed by atoms with Crippen LogP contribution in [0.2, 0.25) is 0 Å². The van der Waals surface area contributed by atoms with Crippen LogP contribution in [0.5, 0.6) is 0 Å². The topological polar surface area (TPSA) is 147 Å². The predicted molar refractivity (Wildman–Crippen MR) is 92.2 cm³/mol. The summed E-state index contributed by atoms with van der Waals surface area (Å²) in [5.74, 6) is 0.357. The van der Waals surface area contributed by atoms with Crippen LogP contribution >= 0.6 is 8.60 Å². The van der Waals surface area contributed by atoms with Gasteiger partial charge in [0.2, 0.25) is 0 Å². The quantitative estimate of drug-likeness (QED) is 0.104. The average molecular weight is 453 g/mol. The summed E-state index contributed by atoms with van der Waals surface area (Å²) in [5.41, 5.74) is 3.37. The second-order valence-corrected chi connectivity index (χ2v) is 6.27. The Hall–Kier alpha value is -0.660. The van der Waals surface area contributed by atoms with E-state index in [0.717, 1.165) is 16.3 Å². The van der Waals surface area contributed by atoms with E-state index in [2.05, 4.69) is 9.63 Å². The van der Waals surface area contributed by atoms with Gasteiger partial charge in [0.15, 0.2) is 5.69 Å². The Kier molecular flexibility index (Phi) is 11.9. The summed E-state index contributed by atoms with van der Waals surface area (Å²) in [7, 11) is -1.59. The zero-order valence-corrected chi connectivity index (χ0v) is 21.6. The minimum absolute atomic E-state index is 0. The number of carbonyl (C=O) groups excluding carboxylic acids is 2.